The van der Waals surface area contributed by atoms with Crippen molar-refractivity contribution in [2.24, 2.45) is 5.92 Å². The van der Waals surface area contributed by atoms with Crippen LogP contribution in [-0.2, 0) is 14.3 Å². The quantitative estimate of drug-likeness (QED) is 0.683. The number of carbonyl (C=O) groups is 2. The number of nitrogens with one attached hydrogen (secondary N) is 1. The Hall–Kier alpha value is -2.10. The van der Waals surface area contributed by atoms with Crippen LogP contribution >= 0.6 is 0 Å². The standard InChI is InChI=1S/C17H21NO3/c1-12-8-13(2)10-15(9-12)18-16(19)11-21-17(20)14-6-4-3-5-7-14/h3-4,8-10,14H,5-7,11H2,1-2H3,(H,18,19)/t14-/m0/s1. The Labute approximate surface area is 125 Å². The molecular weight excluding hydrogens is 266 g/mol. The van der Waals surface area contributed by atoms with Crippen molar-refractivity contribution in [3.8, 4) is 0 Å². The van der Waals surface area contributed by atoms with Gasteiger partial charge in [-0.25, -0.2) is 0 Å². The van der Waals surface area contributed by atoms with E-state index in [2.05, 4.69) is 11.4 Å². The molecule has 4 heteroatoms. The zero-order chi connectivity index (χ0) is 15.2. The zero-order valence-corrected chi connectivity index (χ0v) is 12.5. The number of carbonyl (C=O) groups excluding carboxylic acids is 2. The van der Waals surface area contributed by atoms with Gasteiger partial charge in [0, 0.05) is 5.69 Å². The molecule has 1 atom stereocenters. The fourth-order valence-electron chi connectivity index (χ4n) is 2.51. The van der Waals surface area contributed by atoms with Crippen LogP contribution in [-0.4, -0.2) is 18.5 Å². The molecule has 4 nitrogen and oxygen atoms in total. The number of ether oxygens (including phenoxy) is 1. The number of anilines is 1. The van der Waals surface area contributed by atoms with Crippen LogP contribution < -0.4 is 5.32 Å². The number of amides is 1. The Morgan fingerprint density at radius 3 is 2.52 bits per heavy atom. The van der Waals surface area contributed by atoms with E-state index in [1.165, 1.54) is 0 Å². The van der Waals surface area contributed by atoms with Crippen LogP contribution in [0.25, 0.3) is 0 Å². The van der Waals surface area contributed by atoms with Gasteiger partial charge in [0.15, 0.2) is 6.61 Å². The molecular formula is C17H21NO3. The van der Waals surface area contributed by atoms with Gasteiger partial charge in [-0.15, -0.1) is 0 Å². The molecule has 1 amide bonds. The number of allylic oxidation sites excluding steroid dienone is 2. The highest BCUT2D eigenvalue weighted by Gasteiger charge is 2.20. The third-order valence-corrected chi connectivity index (χ3v) is 3.45. The Morgan fingerprint density at radius 1 is 1.19 bits per heavy atom. The first kappa shape index (κ1) is 15.3. The van der Waals surface area contributed by atoms with Crippen molar-refractivity contribution < 1.29 is 14.3 Å². The number of esters is 1. The van der Waals surface area contributed by atoms with Gasteiger partial charge in [0.25, 0.3) is 5.91 Å². The largest absolute Gasteiger partial charge is 0.455 e. The fraction of sp³-hybridized carbons (Fsp3) is 0.412. The molecule has 0 saturated carbocycles. The van der Waals surface area contributed by atoms with Gasteiger partial charge < -0.3 is 10.1 Å². The van der Waals surface area contributed by atoms with Gasteiger partial charge in [0.1, 0.15) is 0 Å². The summed E-state index contributed by atoms with van der Waals surface area (Å²) in [6.07, 6.45) is 6.46. The molecule has 0 spiro atoms. The van der Waals surface area contributed by atoms with Crippen LogP contribution in [0.15, 0.2) is 30.4 Å². The highest BCUT2D eigenvalue weighted by atomic mass is 16.5. The first-order valence-electron chi connectivity index (χ1n) is 7.24. The van der Waals surface area contributed by atoms with Crippen LogP contribution in [0.3, 0.4) is 0 Å². The molecule has 0 aliphatic heterocycles. The van der Waals surface area contributed by atoms with Crippen LogP contribution in [0.2, 0.25) is 0 Å². The summed E-state index contributed by atoms with van der Waals surface area (Å²) in [5.41, 5.74) is 2.89. The summed E-state index contributed by atoms with van der Waals surface area (Å²) in [5, 5.41) is 2.75. The molecule has 0 heterocycles. The minimum Gasteiger partial charge on any atom is -0.455 e. The first-order valence-corrected chi connectivity index (χ1v) is 7.24. The summed E-state index contributed by atoms with van der Waals surface area (Å²) in [5.74, 6) is -0.696. The van der Waals surface area contributed by atoms with E-state index in [1.54, 1.807) is 0 Å². The summed E-state index contributed by atoms with van der Waals surface area (Å²) < 4.78 is 5.09. The first-order chi connectivity index (χ1) is 10.0. The maximum absolute atomic E-state index is 11.8. The molecule has 112 valence electrons. The number of rotatable bonds is 4. The van der Waals surface area contributed by atoms with Crippen molar-refractivity contribution >= 4 is 17.6 Å². The molecule has 1 aromatic carbocycles. The average molecular weight is 287 g/mol. The normalized spacial score (nSPS) is 17.3. The average Bonchev–Trinajstić information content (AvgIpc) is 2.44. The highest BCUT2D eigenvalue weighted by molar-refractivity contribution is 5.93. The third kappa shape index (κ3) is 4.74. The van der Waals surface area contributed by atoms with Gasteiger partial charge in [0.05, 0.1) is 5.92 Å². The van der Waals surface area contributed by atoms with E-state index >= 15 is 0 Å². The Bertz CT molecular complexity index is 543. The lowest BCUT2D eigenvalue weighted by molar-refractivity contribution is -0.151. The topological polar surface area (TPSA) is 55.4 Å². The Kier molecular flexibility index (Phi) is 5.14. The van der Waals surface area contributed by atoms with Gasteiger partial charge in [0.2, 0.25) is 0 Å². The van der Waals surface area contributed by atoms with E-state index < -0.39 is 0 Å². The maximum Gasteiger partial charge on any atom is 0.309 e. The van der Waals surface area contributed by atoms with E-state index in [0.29, 0.717) is 6.42 Å². The maximum atomic E-state index is 11.8. The van der Waals surface area contributed by atoms with Gasteiger partial charge in [-0.3, -0.25) is 9.59 Å². The fourth-order valence-corrected chi connectivity index (χ4v) is 2.51. The minimum atomic E-state index is -0.306. The molecule has 1 aromatic rings. The lowest BCUT2D eigenvalue weighted by atomic mass is 9.95. The summed E-state index contributed by atoms with van der Waals surface area (Å²) in [6.45, 7) is 3.71. The van der Waals surface area contributed by atoms with E-state index in [-0.39, 0.29) is 24.4 Å². The van der Waals surface area contributed by atoms with Gasteiger partial charge in [-0.2, -0.15) is 0 Å². The number of hydrogen-bond acceptors (Lipinski definition) is 3. The zero-order valence-electron chi connectivity index (χ0n) is 12.5. The second kappa shape index (κ2) is 7.07. The van der Waals surface area contributed by atoms with Crippen molar-refractivity contribution in [2.75, 3.05) is 11.9 Å². The molecule has 1 N–H and O–H groups in total. The van der Waals surface area contributed by atoms with Gasteiger partial charge >= 0.3 is 5.97 Å². The highest BCUT2D eigenvalue weighted by Crippen LogP contribution is 2.19. The predicted octanol–water partition coefficient (Wildman–Crippen LogP) is 3.14. The van der Waals surface area contributed by atoms with Crippen molar-refractivity contribution in [3.63, 3.8) is 0 Å². The van der Waals surface area contributed by atoms with Crippen LogP contribution in [0, 0.1) is 19.8 Å². The Balaban J connectivity index is 1.81. The van der Waals surface area contributed by atoms with Crippen LogP contribution in [0.5, 0.6) is 0 Å². The molecule has 1 aliphatic rings. The summed E-state index contributed by atoms with van der Waals surface area (Å²) in [7, 11) is 0. The van der Waals surface area contributed by atoms with Crippen LogP contribution in [0.4, 0.5) is 5.69 Å². The molecule has 1 aliphatic carbocycles. The van der Waals surface area contributed by atoms with Crippen LogP contribution in [0.1, 0.15) is 30.4 Å². The molecule has 0 saturated heterocycles. The molecule has 0 bridgehead atoms. The van der Waals surface area contributed by atoms with E-state index in [9.17, 15) is 9.59 Å². The lowest BCUT2D eigenvalue weighted by Gasteiger charge is -2.16. The molecule has 0 fully saturated rings. The van der Waals surface area contributed by atoms with Crippen molar-refractivity contribution in [2.45, 2.75) is 33.1 Å². The van der Waals surface area contributed by atoms with Crippen molar-refractivity contribution in [3.05, 3.63) is 41.5 Å². The molecule has 0 aromatic heterocycles. The molecule has 21 heavy (non-hydrogen) atoms. The predicted molar refractivity (Wildman–Crippen MR) is 82.0 cm³/mol. The monoisotopic (exact) mass is 287 g/mol. The smallest absolute Gasteiger partial charge is 0.309 e. The number of aryl methyl sites for hydroxylation is 2. The van der Waals surface area contributed by atoms with E-state index in [0.717, 1.165) is 29.7 Å². The number of benzene rings is 1. The summed E-state index contributed by atoms with van der Waals surface area (Å²) >= 11 is 0. The second-order valence-electron chi connectivity index (χ2n) is 5.51. The number of hydrogen-bond donors (Lipinski definition) is 1. The SMILES string of the molecule is Cc1cc(C)cc(NC(=O)COC(=O)[C@H]2CC=CCC2)c1. The van der Waals surface area contributed by atoms with Gasteiger partial charge in [-0.1, -0.05) is 18.2 Å². The second-order valence-corrected chi connectivity index (χ2v) is 5.51. The van der Waals surface area contributed by atoms with E-state index in [1.807, 2.05) is 38.1 Å². The summed E-state index contributed by atoms with van der Waals surface area (Å²) in [6, 6.07) is 5.81. The minimum absolute atomic E-state index is 0.107. The molecule has 2 rings (SSSR count). The van der Waals surface area contributed by atoms with Gasteiger partial charge in [-0.05, 0) is 56.4 Å². The van der Waals surface area contributed by atoms with Crippen molar-refractivity contribution in [1.82, 2.24) is 0 Å². The third-order valence-electron chi connectivity index (χ3n) is 3.45. The van der Waals surface area contributed by atoms with E-state index in [4.69, 9.17) is 4.74 Å². The summed E-state index contributed by atoms with van der Waals surface area (Å²) in [4.78, 5) is 23.6. The Morgan fingerprint density at radius 2 is 1.90 bits per heavy atom. The van der Waals surface area contributed by atoms with Crippen molar-refractivity contribution in [1.29, 1.82) is 0 Å². The lowest BCUT2D eigenvalue weighted by Crippen LogP contribution is -2.25. The molecule has 0 radical (unpaired) electrons. The molecule has 0 unspecified atom stereocenters.